The zero-order valence-corrected chi connectivity index (χ0v) is 15.3. The molecule has 28 heavy (non-hydrogen) atoms. The topological polar surface area (TPSA) is 66.9 Å². The Morgan fingerprint density at radius 1 is 1.07 bits per heavy atom. The Labute approximate surface area is 161 Å². The zero-order chi connectivity index (χ0) is 18.8. The molecule has 0 unspecified atom stereocenters. The number of methoxy groups -OCH3 is 1. The molecule has 0 radical (unpaired) electrons. The molecule has 0 saturated heterocycles. The van der Waals surface area contributed by atoms with Crippen LogP contribution in [0.25, 0.3) is 22.0 Å². The van der Waals surface area contributed by atoms with Crippen LogP contribution in [0.1, 0.15) is 33.6 Å². The van der Waals surface area contributed by atoms with Crippen LogP contribution in [0, 0.1) is 0 Å². The van der Waals surface area contributed by atoms with E-state index < -0.39 is 0 Å². The van der Waals surface area contributed by atoms with Crippen LogP contribution in [0.2, 0.25) is 0 Å². The quantitative estimate of drug-likeness (QED) is 0.635. The number of cyclic esters (lactones) is 1. The molecule has 0 bridgehead atoms. The van der Waals surface area contributed by atoms with Gasteiger partial charge in [0.05, 0.1) is 23.9 Å². The molecule has 0 amide bonds. The molecule has 3 aliphatic rings. The number of pyridine rings is 1. The van der Waals surface area contributed by atoms with Crippen molar-refractivity contribution in [3.8, 4) is 28.4 Å². The van der Waals surface area contributed by atoms with Gasteiger partial charge in [0.15, 0.2) is 11.5 Å². The summed E-state index contributed by atoms with van der Waals surface area (Å²) in [6, 6.07) is 8.03. The van der Waals surface area contributed by atoms with Gasteiger partial charge in [-0.15, -0.1) is 0 Å². The molecule has 3 heterocycles. The lowest BCUT2D eigenvalue weighted by Gasteiger charge is -2.15. The van der Waals surface area contributed by atoms with E-state index in [-0.39, 0.29) is 19.4 Å². The first-order valence-corrected chi connectivity index (χ1v) is 9.37. The maximum Gasteiger partial charge on any atom is 0.341 e. The second kappa shape index (κ2) is 5.61. The fourth-order valence-electron chi connectivity index (χ4n) is 4.55. The number of esters is 1. The van der Waals surface area contributed by atoms with E-state index in [4.69, 9.17) is 23.9 Å². The van der Waals surface area contributed by atoms with Crippen molar-refractivity contribution >= 4 is 16.9 Å². The van der Waals surface area contributed by atoms with Crippen LogP contribution in [-0.4, -0.2) is 24.9 Å². The molecule has 2 aromatic carbocycles. The molecule has 3 aromatic rings. The summed E-state index contributed by atoms with van der Waals surface area (Å²) in [7, 11) is 1.59. The Hall–Kier alpha value is -3.28. The van der Waals surface area contributed by atoms with Gasteiger partial charge in [0.1, 0.15) is 6.61 Å². The summed E-state index contributed by atoms with van der Waals surface area (Å²) in [4.78, 5) is 17.4. The second-order valence-corrected chi connectivity index (χ2v) is 7.25. The van der Waals surface area contributed by atoms with Crippen molar-refractivity contribution in [2.45, 2.75) is 25.9 Å². The zero-order valence-electron chi connectivity index (χ0n) is 15.3. The molecular formula is C22H17NO5. The van der Waals surface area contributed by atoms with Crippen LogP contribution in [-0.2, 0) is 24.2 Å². The molecule has 0 fully saturated rings. The molecule has 1 aliphatic carbocycles. The molecule has 6 rings (SSSR count). The lowest BCUT2D eigenvalue weighted by molar-refractivity contribution is 0.0534. The molecule has 0 spiro atoms. The van der Waals surface area contributed by atoms with Crippen LogP contribution >= 0.6 is 0 Å². The van der Waals surface area contributed by atoms with Crippen molar-refractivity contribution in [1.29, 1.82) is 0 Å². The summed E-state index contributed by atoms with van der Waals surface area (Å²) in [5, 5.41) is 0.958. The number of fused-ring (bicyclic) bond motifs is 5. The van der Waals surface area contributed by atoms with Crippen molar-refractivity contribution in [2.24, 2.45) is 0 Å². The highest BCUT2D eigenvalue weighted by atomic mass is 16.7. The van der Waals surface area contributed by atoms with Gasteiger partial charge in [0, 0.05) is 10.9 Å². The molecule has 2 aliphatic heterocycles. The molecule has 0 saturated carbocycles. The van der Waals surface area contributed by atoms with Crippen LogP contribution in [0.15, 0.2) is 24.3 Å². The van der Waals surface area contributed by atoms with E-state index in [0.29, 0.717) is 28.5 Å². The first kappa shape index (κ1) is 15.7. The summed E-state index contributed by atoms with van der Waals surface area (Å²) in [5.41, 5.74) is 6.50. The van der Waals surface area contributed by atoms with Crippen molar-refractivity contribution in [1.82, 2.24) is 4.98 Å². The summed E-state index contributed by atoms with van der Waals surface area (Å²) < 4.78 is 22.0. The molecule has 140 valence electrons. The predicted octanol–water partition coefficient (Wildman–Crippen LogP) is 3.80. The number of carbonyl (C=O) groups excluding carboxylic acids is 1. The first-order chi connectivity index (χ1) is 13.7. The van der Waals surface area contributed by atoms with E-state index in [1.54, 1.807) is 7.11 Å². The smallest absolute Gasteiger partial charge is 0.341 e. The number of nitrogens with zero attached hydrogens (tertiary/aromatic N) is 1. The van der Waals surface area contributed by atoms with E-state index in [2.05, 4.69) is 12.1 Å². The van der Waals surface area contributed by atoms with E-state index in [0.717, 1.165) is 41.3 Å². The molecule has 0 N–H and O–H groups in total. The summed E-state index contributed by atoms with van der Waals surface area (Å²) in [6.45, 7) is 0.363. The third-order valence-electron chi connectivity index (χ3n) is 5.80. The fourth-order valence-corrected chi connectivity index (χ4v) is 4.55. The van der Waals surface area contributed by atoms with Gasteiger partial charge >= 0.3 is 5.97 Å². The largest absolute Gasteiger partial charge is 0.493 e. The maximum absolute atomic E-state index is 12.6. The normalized spacial score (nSPS) is 16.2. The number of hydrogen-bond acceptors (Lipinski definition) is 6. The summed E-state index contributed by atoms with van der Waals surface area (Å²) in [6.07, 6.45) is 3.22. The third kappa shape index (κ3) is 2.03. The number of rotatable bonds is 2. The number of carbonyl (C=O) groups is 1. The van der Waals surface area contributed by atoms with Gasteiger partial charge in [-0.1, -0.05) is 12.1 Å². The number of aromatic nitrogens is 1. The van der Waals surface area contributed by atoms with Gasteiger partial charge in [0.2, 0.25) is 12.5 Å². The Bertz CT molecular complexity index is 1180. The van der Waals surface area contributed by atoms with Crippen molar-refractivity contribution < 1.29 is 23.7 Å². The summed E-state index contributed by atoms with van der Waals surface area (Å²) in [5.74, 6) is 1.44. The van der Waals surface area contributed by atoms with Crippen LogP contribution in [0.4, 0.5) is 0 Å². The van der Waals surface area contributed by atoms with Gasteiger partial charge in [-0.3, -0.25) is 0 Å². The minimum Gasteiger partial charge on any atom is -0.493 e. The summed E-state index contributed by atoms with van der Waals surface area (Å²) >= 11 is 0. The van der Waals surface area contributed by atoms with E-state index in [1.165, 1.54) is 11.1 Å². The first-order valence-electron chi connectivity index (χ1n) is 9.37. The molecule has 6 nitrogen and oxygen atoms in total. The van der Waals surface area contributed by atoms with Crippen LogP contribution < -0.4 is 14.2 Å². The highest BCUT2D eigenvalue weighted by Crippen LogP contribution is 2.47. The average molecular weight is 375 g/mol. The molecular weight excluding hydrogens is 358 g/mol. The predicted molar refractivity (Wildman–Crippen MR) is 101 cm³/mol. The number of aryl methyl sites for hydroxylation is 2. The van der Waals surface area contributed by atoms with Crippen LogP contribution in [0.5, 0.6) is 17.2 Å². The van der Waals surface area contributed by atoms with E-state index in [1.807, 2.05) is 12.1 Å². The highest BCUT2D eigenvalue weighted by molar-refractivity contribution is 6.10. The van der Waals surface area contributed by atoms with Crippen molar-refractivity contribution in [3.63, 3.8) is 0 Å². The van der Waals surface area contributed by atoms with Gasteiger partial charge in [-0.2, -0.15) is 0 Å². The van der Waals surface area contributed by atoms with Gasteiger partial charge in [-0.05, 0) is 48.1 Å². The highest BCUT2D eigenvalue weighted by Gasteiger charge is 2.32. The van der Waals surface area contributed by atoms with Crippen molar-refractivity contribution in [2.75, 3.05) is 13.9 Å². The monoisotopic (exact) mass is 375 g/mol. The fraction of sp³-hybridized carbons (Fsp3) is 0.273. The minimum atomic E-state index is -0.337. The molecule has 1 aromatic heterocycles. The standard InChI is InChI=1S/C22H17NO5/c1-25-16-7-12(8-17-21(16)28-10-27-17)18-14-6-5-11-3-2-4-13(11)20(14)23-15-9-26-22(24)19(15)18/h5-8H,2-4,9-10H2,1H3. The van der Waals surface area contributed by atoms with Crippen LogP contribution in [0.3, 0.4) is 0 Å². The Morgan fingerprint density at radius 2 is 2.00 bits per heavy atom. The number of hydrogen-bond donors (Lipinski definition) is 0. The van der Waals surface area contributed by atoms with Gasteiger partial charge in [-0.25, -0.2) is 9.78 Å². The lowest BCUT2D eigenvalue weighted by Crippen LogP contribution is -2.02. The molecule has 0 atom stereocenters. The minimum absolute atomic E-state index is 0.153. The maximum atomic E-state index is 12.6. The SMILES string of the molecule is COc1cc(-c2c3c(nc4c5c(ccc24)CCC5)COC3=O)cc2c1OCO2. The van der Waals surface area contributed by atoms with Gasteiger partial charge in [0.25, 0.3) is 0 Å². The van der Waals surface area contributed by atoms with E-state index in [9.17, 15) is 4.79 Å². The van der Waals surface area contributed by atoms with E-state index >= 15 is 0 Å². The molecule has 6 heteroatoms. The Kier molecular flexibility index (Phi) is 3.15. The second-order valence-electron chi connectivity index (χ2n) is 7.25. The van der Waals surface area contributed by atoms with Gasteiger partial charge < -0.3 is 18.9 Å². The van der Waals surface area contributed by atoms with Crippen molar-refractivity contribution in [3.05, 3.63) is 46.6 Å². The average Bonchev–Trinajstić information content (AvgIpc) is 3.45. The Morgan fingerprint density at radius 3 is 2.89 bits per heavy atom. The number of benzene rings is 2. The lowest BCUT2D eigenvalue weighted by atomic mass is 9.92. The number of ether oxygens (including phenoxy) is 4. The Balaban J connectivity index is 1.72. The third-order valence-corrected chi connectivity index (χ3v) is 5.80.